The van der Waals surface area contributed by atoms with Gasteiger partial charge in [-0.1, -0.05) is 42.7 Å². The Hall–Kier alpha value is -3.16. The molecule has 1 aliphatic heterocycles. The first-order valence-corrected chi connectivity index (χ1v) is 11.8. The molecule has 0 spiro atoms. The van der Waals surface area contributed by atoms with Crippen LogP contribution in [0.4, 0.5) is 0 Å². The van der Waals surface area contributed by atoms with E-state index in [1.165, 1.54) is 11.9 Å². The van der Waals surface area contributed by atoms with Crippen molar-refractivity contribution in [2.24, 2.45) is 0 Å². The first kappa shape index (κ1) is 23.0. The van der Waals surface area contributed by atoms with E-state index in [1.54, 1.807) is 16.4 Å². The molecule has 1 fully saturated rings. The predicted molar refractivity (Wildman–Crippen MR) is 125 cm³/mol. The summed E-state index contributed by atoms with van der Waals surface area (Å²) in [6, 6.07) is 8.31. The number of likely N-dealkylation sites (N-methyl/N-ethyl adjacent to an activating group) is 1. The predicted octanol–water partition coefficient (Wildman–Crippen LogP) is 2.46. The van der Waals surface area contributed by atoms with Crippen molar-refractivity contribution in [2.75, 3.05) is 13.1 Å². The summed E-state index contributed by atoms with van der Waals surface area (Å²) < 4.78 is 1.65. The van der Waals surface area contributed by atoms with Crippen molar-refractivity contribution in [3.05, 3.63) is 53.1 Å². The lowest BCUT2D eigenvalue weighted by atomic mass is 9.94. The number of fused-ring (bicyclic) bond motifs is 1. The monoisotopic (exact) mass is 451 g/mol. The van der Waals surface area contributed by atoms with Crippen molar-refractivity contribution < 1.29 is 14.4 Å². The normalized spacial score (nSPS) is 20.6. The molecule has 33 heavy (non-hydrogen) atoms. The van der Waals surface area contributed by atoms with Crippen molar-refractivity contribution in [3.8, 4) is 0 Å². The van der Waals surface area contributed by atoms with E-state index in [-0.39, 0.29) is 41.7 Å². The van der Waals surface area contributed by atoms with E-state index >= 15 is 0 Å². The molecule has 0 unspecified atom stereocenters. The molecule has 2 heterocycles. The summed E-state index contributed by atoms with van der Waals surface area (Å²) in [6.07, 6.45) is 6.38. The van der Waals surface area contributed by atoms with E-state index in [1.807, 2.05) is 32.0 Å². The Labute approximate surface area is 194 Å². The summed E-state index contributed by atoms with van der Waals surface area (Å²) in [7, 11) is 0. The largest absolute Gasteiger partial charge is 0.351 e. The molecule has 0 saturated heterocycles. The second kappa shape index (κ2) is 9.37. The maximum absolute atomic E-state index is 13.4. The Kier molecular flexibility index (Phi) is 6.54. The maximum Gasteiger partial charge on any atom is 0.273 e. The van der Waals surface area contributed by atoms with E-state index in [4.69, 9.17) is 0 Å². The number of rotatable bonds is 7. The minimum Gasteiger partial charge on any atom is -0.351 e. The molecule has 8 heteroatoms. The van der Waals surface area contributed by atoms with Crippen LogP contribution in [0.2, 0.25) is 0 Å². The molecule has 0 bridgehead atoms. The molecule has 1 atom stereocenters. The maximum atomic E-state index is 13.4. The summed E-state index contributed by atoms with van der Waals surface area (Å²) in [4.78, 5) is 45.3. The summed E-state index contributed by atoms with van der Waals surface area (Å²) in [5, 5.41) is 6.02. The highest BCUT2D eigenvalue weighted by Gasteiger charge is 2.48. The Balaban J connectivity index is 1.48. The van der Waals surface area contributed by atoms with Crippen LogP contribution in [0, 0.1) is 6.92 Å². The Morgan fingerprint density at radius 1 is 1.24 bits per heavy atom. The van der Waals surface area contributed by atoms with Crippen molar-refractivity contribution in [2.45, 2.75) is 71.0 Å². The average Bonchev–Trinajstić information content (AvgIpc) is 3.44. The molecule has 2 aromatic rings. The number of hydrogen-bond donors (Lipinski definition) is 2. The van der Waals surface area contributed by atoms with Gasteiger partial charge in [0.1, 0.15) is 11.2 Å². The number of amides is 3. The first-order valence-electron chi connectivity index (χ1n) is 11.8. The summed E-state index contributed by atoms with van der Waals surface area (Å²) in [5.41, 5.74) is 1.64. The van der Waals surface area contributed by atoms with Gasteiger partial charge in [0, 0.05) is 19.1 Å². The van der Waals surface area contributed by atoms with Crippen LogP contribution < -0.4 is 10.6 Å². The van der Waals surface area contributed by atoms with Crippen molar-refractivity contribution >= 4 is 17.7 Å². The highest BCUT2D eigenvalue weighted by atomic mass is 16.2. The third-order valence-corrected chi connectivity index (χ3v) is 6.85. The minimum absolute atomic E-state index is 0.112. The van der Waals surface area contributed by atoms with Crippen molar-refractivity contribution in [3.63, 3.8) is 0 Å². The molecule has 8 nitrogen and oxygen atoms in total. The molecule has 1 saturated carbocycles. The van der Waals surface area contributed by atoms with Gasteiger partial charge in [0.2, 0.25) is 5.91 Å². The summed E-state index contributed by atoms with van der Waals surface area (Å²) in [5.74, 6) is -0.859. The van der Waals surface area contributed by atoms with Crippen LogP contribution >= 0.6 is 0 Å². The SMILES string of the molecule is CCN1C(=O)c2c(C(=O)NCCc3cccc(C)c3)ncn2C[C@@]1(C)C(=O)NC1CCCC1. The van der Waals surface area contributed by atoms with Crippen LogP contribution in [0.25, 0.3) is 0 Å². The Morgan fingerprint density at radius 3 is 2.70 bits per heavy atom. The summed E-state index contributed by atoms with van der Waals surface area (Å²) in [6.45, 7) is 6.76. The van der Waals surface area contributed by atoms with E-state index in [0.29, 0.717) is 19.5 Å². The van der Waals surface area contributed by atoms with Crippen molar-refractivity contribution in [1.82, 2.24) is 25.1 Å². The van der Waals surface area contributed by atoms with Crippen LogP contribution in [0.3, 0.4) is 0 Å². The number of carbonyl (C=O) groups is 3. The van der Waals surface area contributed by atoms with Gasteiger partial charge in [-0.15, -0.1) is 0 Å². The van der Waals surface area contributed by atoms with E-state index in [9.17, 15) is 14.4 Å². The number of nitrogens with one attached hydrogen (secondary N) is 2. The van der Waals surface area contributed by atoms with Crippen LogP contribution in [-0.2, 0) is 17.8 Å². The molecule has 3 amide bonds. The van der Waals surface area contributed by atoms with Gasteiger partial charge in [-0.2, -0.15) is 0 Å². The number of imidazole rings is 1. The Bertz CT molecular complexity index is 1060. The van der Waals surface area contributed by atoms with E-state index < -0.39 is 5.54 Å². The van der Waals surface area contributed by atoms with Gasteiger partial charge < -0.3 is 20.1 Å². The van der Waals surface area contributed by atoms with Crippen molar-refractivity contribution in [1.29, 1.82) is 0 Å². The zero-order valence-corrected chi connectivity index (χ0v) is 19.7. The lowest BCUT2D eigenvalue weighted by Crippen LogP contribution is -2.64. The zero-order chi connectivity index (χ0) is 23.6. The molecule has 4 rings (SSSR count). The molecule has 1 aliphatic carbocycles. The molecule has 2 N–H and O–H groups in total. The van der Waals surface area contributed by atoms with E-state index in [2.05, 4.69) is 21.7 Å². The topological polar surface area (TPSA) is 96.3 Å². The molecule has 1 aromatic carbocycles. The highest BCUT2D eigenvalue weighted by Crippen LogP contribution is 2.29. The Morgan fingerprint density at radius 2 is 2.00 bits per heavy atom. The number of hydrogen-bond acceptors (Lipinski definition) is 4. The van der Waals surface area contributed by atoms with Crippen LogP contribution in [0.5, 0.6) is 0 Å². The average molecular weight is 452 g/mol. The van der Waals surface area contributed by atoms with Gasteiger partial charge in [0.15, 0.2) is 5.69 Å². The van der Waals surface area contributed by atoms with Gasteiger partial charge in [-0.25, -0.2) is 4.98 Å². The molecule has 0 radical (unpaired) electrons. The first-order chi connectivity index (χ1) is 15.8. The molecule has 176 valence electrons. The van der Waals surface area contributed by atoms with Gasteiger partial charge in [-0.3, -0.25) is 14.4 Å². The molecule has 2 aliphatic rings. The van der Waals surface area contributed by atoms with E-state index in [0.717, 1.165) is 31.2 Å². The molecular formula is C25H33N5O3. The van der Waals surface area contributed by atoms with Gasteiger partial charge in [-0.05, 0) is 45.6 Å². The number of aryl methyl sites for hydroxylation is 1. The molecular weight excluding hydrogens is 418 g/mol. The second-order valence-electron chi connectivity index (χ2n) is 9.34. The summed E-state index contributed by atoms with van der Waals surface area (Å²) >= 11 is 0. The van der Waals surface area contributed by atoms with Gasteiger partial charge in [0.25, 0.3) is 11.8 Å². The fourth-order valence-corrected chi connectivity index (χ4v) is 5.03. The highest BCUT2D eigenvalue weighted by molar-refractivity contribution is 6.07. The third kappa shape index (κ3) is 4.51. The van der Waals surface area contributed by atoms with Gasteiger partial charge in [0.05, 0.1) is 12.9 Å². The number of benzene rings is 1. The lowest BCUT2D eigenvalue weighted by Gasteiger charge is -2.43. The van der Waals surface area contributed by atoms with Gasteiger partial charge >= 0.3 is 0 Å². The van der Waals surface area contributed by atoms with Crippen LogP contribution in [-0.4, -0.2) is 56.8 Å². The number of carbonyl (C=O) groups excluding carboxylic acids is 3. The second-order valence-corrected chi connectivity index (χ2v) is 9.34. The lowest BCUT2D eigenvalue weighted by molar-refractivity contribution is -0.133. The zero-order valence-electron chi connectivity index (χ0n) is 19.7. The van der Waals surface area contributed by atoms with Crippen LogP contribution in [0.1, 0.15) is 71.6 Å². The van der Waals surface area contributed by atoms with Crippen LogP contribution in [0.15, 0.2) is 30.6 Å². The third-order valence-electron chi connectivity index (χ3n) is 6.85. The smallest absolute Gasteiger partial charge is 0.273 e. The minimum atomic E-state index is -1.03. The number of aromatic nitrogens is 2. The number of nitrogens with zero attached hydrogens (tertiary/aromatic N) is 3. The standard InChI is InChI=1S/C25H33N5O3/c1-4-30-23(32)21-20(22(31)26-13-12-18-9-7-8-17(2)14-18)27-16-29(21)15-25(30,3)24(33)28-19-10-5-6-11-19/h7-9,14,16,19H,4-6,10-13,15H2,1-3H3,(H,26,31)(H,28,33)/t25-/m0/s1. The fourth-order valence-electron chi connectivity index (χ4n) is 5.03. The molecule has 1 aromatic heterocycles. The quantitative estimate of drug-likeness (QED) is 0.676. The fraction of sp³-hybridized carbons (Fsp3) is 0.520.